The Hall–Kier alpha value is -2.00. The van der Waals surface area contributed by atoms with E-state index in [9.17, 15) is 0 Å². The summed E-state index contributed by atoms with van der Waals surface area (Å²) < 4.78 is 11.3. The second-order valence-electron chi connectivity index (χ2n) is 7.46. The molecular weight excluding hydrogens is 503 g/mol. The molecule has 0 bridgehead atoms. The maximum Gasteiger partial charge on any atom is 0.193 e. The summed E-state index contributed by atoms with van der Waals surface area (Å²) in [5.41, 5.74) is 9.50. The number of nitrogens with one attached hydrogen (secondary N) is 1. The molecule has 0 spiro atoms. The van der Waals surface area contributed by atoms with Crippen molar-refractivity contribution < 1.29 is 9.47 Å². The molecule has 31 heavy (non-hydrogen) atoms. The summed E-state index contributed by atoms with van der Waals surface area (Å²) in [6, 6.07) is 14.2. The van der Waals surface area contributed by atoms with Crippen LogP contribution in [0.3, 0.4) is 0 Å². The maximum absolute atomic E-state index is 6.21. The van der Waals surface area contributed by atoms with Crippen molar-refractivity contribution in [2.45, 2.75) is 46.2 Å². The van der Waals surface area contributed by atoms with Crippen molar-refractivity contribution in [3.63, 3.8) is 0 Å². The molecule has 0 atom stereocenters. The van der Waals surface area contributed by atoms with Gasteiger partial charge in [0.15, 0.2) is 5.96 Å². The molecule has 0 amide bonds. The number of anilines is 1. The number of benzene rings is 2. The molecular formula is C24H35IN4O2. The summed E-state index contributed by atoms with van der Waals surface area (Å²) in [7, 11) is 0. The van der Waals surface area contributed by atoms with E-state index in [1.165, 1.54) is 43.5 Å². The number of piperidine rings is 1. The Morgan fingerprint density at radius 1 is 1.00 bits per heavy atom. The van der Waals surface area contributed by atoms with E-state index in [4.69, 9.17) is 15.2 Å². The van der Waals surface area contributed by atoms with E-state index in [1.54, 1.807) is 0 Å². The minimum atomic E-state index is 0. The first-order valence-electron chi connectivity index (χ1n) is 10.9. The molecule has 3 N–H and O–H groups in total. The summed E-state index contributed by atoms with van der Waals surface area (Å²) in [4.78, 5) is 7.12. The van der Waals surface area contributed by atoms with E-state index >= 15 is 0 Å². The Morgan fingerprint density at radius 3 is 2.42 bits per heavy atom. The molecule has 6 nitrogen and oxygen atoms in total. The average molecular weight is 538 g/mol. The monoisotopic (exact) mass is 538 g/mol. The summed E-state index contributed by atoms with van der Waals surface area (Å²) >= 11 is 0. The number of ether oxygens (including phenoxy) is 2. The number of halogens is 1. The first-order valence-corrected chi connectivity index (χ1v) is 10.9. The standard InChI is InChI=1S/C24H34N4O2.HI/c1-3-29-21-12-13-23(30-4-2)22(16-21)27-24(25)26-17-19-10-6-7-11-20(19)18-28-14-8-5-9-15-28;/h6-7,10-13,16H,3-5,8-9,14-15,17-18H2,1-2H3,(H3,25,26,27);1H. The van der Waals surface area contributed by atoms with Crippen molar-refractivity contribution in [3.05, 3.63) is 53.6 Å². The number of aliphatic imine (C=N–C) groups is 1. The third-order valence-electron chi connectivity index (χ3n) is 5.21. The third-order valence-corrected chi connectivity index (χ3v) is 5.21. The maximum atomic E-state index is 6.21. The van der Waals surface area contributed by atoms with Gasteiger partial charge in [0.1, 0.15) is 11.5 Å². The summed E-state index contributed by atoms with van der Waals surface area (Å²) in [6.45, 7) is 8.96. The third kappa shape index (κ3) is 7.88. The SMILES string of the molecule is CCOc1ccc(OCC)c(NC(N)=NCc2ccccc2CN2CCCCC2)c1.I. The molecule has 0 saturated carbocycles. The molecule has 2 aromatic carbocycles. The van der Waals surface area contributed by atoms with Crippen molar-refractivity contribution in [1.82, 2.24) is 4.90 Å². The van der Waals surface area contributed by atoms with Crippen LogP contribution in [0.1, 0.15) is 44.2 Å². The zero-order chi connectivity index (χ0) is 21.2. The number of hydrogen-bond acceptors (Lipinski definition) is 4. The largest absolute Gasteiger partial charge is 0.494 e. The second-order valence-corrected chi connectivity index (χ2v) is 7.46. The van der Waals surface area contributed by atoms with E-state index in [0.717, 1.165) is 23.7 Å². The molecule has 2 aromatic rings. The normalized spacial score (nSPS) is 14.6. The number of rotatable bonds is 9. The topological polar surface area (TPSA) is 72.1 Å². The van der Waals surface area contributed by atoms with Gasteiger partial charge in [-0.3, -0.25) is 4.90 Å². The Morgan fingerprint density at radius 2 is 1.71 bits per heavy atom. The van der Waals surface area contributed by atoms with Crippen molar-refractivity contribution in [2.24, 2.45) is 10.7 Å². The van der Waals surface area contributed by atoms with E-state index in [0.29, 0.717) is 25.7 Å². The molecule has 0 aliphatic carbocycles. The molecule has 1 aliphatic rings. The smallest absolute Gasteiger partial charge is 0.193 e. The average Bonchev–Trinajstić information content (AvgIpc) is 2.76. The van der Waals surface area contributed by atoms with Crippen LogP contribution in [-0.2, 0) is 13.1 Å². The first kappa shape index (κ1) is 25.3. The van der Waals surface area contributed by atoms with Gasteiger partial charge in [-0.05, 0) is 63.0 Å². The minimum absolute atomic E-state index is 0. The van der Waals surface area contributed by atoms with Gasteiger partial charge in [-0.2, -0.15) is 0 Å². The van der Waals surface area contributed by atoms with Crippen LogP contribution in [0.25, 0.3) is 0 Å². The Balaban J connectivity index is 0.00000341. The van der Waals surface area contributed by atoms with Crippen LogP contribution < -0.4 is 20.5 Å². The van der Waals surface area contributed by atoms with Crippen molar-refractivity contribution in [1.29, 1.82) is 0 Å². The minimum Gasteiger partial charge on any atom is -0.494 e. The van der Waals surface area contributed by atoms with E-state index in [2.05, 4.69) is 39.5 Å². The van der Waals surface area contributed by atoms with Gasteiger partial charge in [-0.15, -0.1) is 24.0 Å². The van der Waals surface area contributed by atoms with Gasteiger partial charge >= 0.3 is 0 Å². The molecule has 0 radical (unpaired) electrons. The van der Waals surface area contributed by atoms with Crippen LogP contribution in [0, 0.1) is 0 Å². The summed E-state index contributed by atoms with van der Waals surface area (Å²) in [5, 5.41) is 3.18. The van der Waals surface area contributed by atoms with Crippen LogP contribution in [0.4, 0.5) is 5.69 Å². The van der Waals surface area contributed by atoms with E-state index in [1.807, 2.05) is 32.0 Å². The van der Waals surface area contributed by atoms with Gasteiger partial charge in [0.25, 0.3) is 0 Å². The zero-order valence-corrected chi connectivity index (χ0v) is 20.9. The predicted octanol–water partition coefficient (Wildman–Crippen LogP) is 5.01. The highest BCUT2D eigenvalue weighted by molar-refractivity contribution is 14.0. The predicted molar refractivity (Wildman–Crippen MR) is 139 cm³/mol. The summed E-state index contributed by atoms with van der Waals surface area (Å²) in [5.74, 6) is 1.85. The van der Waals surface area contributed by atoms with Gasteiger partial charge in [0.05, 0.1) is 25.4 Å². The van der Waals surface area contributed by atoms with Gasteiger partial charge in [-0.25, -0.2) is 4.99 Å². The summed E-state index contributed by atoms with van der Waals surface area (Å²) in [6.07, 6.45) is 3.93. The fourth-order valence-electron chi connectivity index (χ4n) is 3.72. The van der Waals surface area contributed by atoms with Gasteiger partial charge in [-0.1, -0.05) is 30.7 Å². The molecule has 0 aromatic heterocycles. The molecule has 1 saturated heterocycles. The number of nitrogens with two attached hydrogens (primary N) is 1. The van der Waals surface area contributed by atoms with Gasteiger partial charge < -0.3 is 20.5 Å². The fraction of sp³-hybridized carbons (Fsp3) is 0.458. The molecule has 7 heteroatoms. The lowest BCUT2D eigenvalue weighted by atomic mass is 10.1. The number of hydrogen-bond donors (Lipinski definition) is 2. The fourth-order valence-corrected chi connectivity index (χ4v) is 3.72. The lowest BCUT2D eigenvalue weighted by molar-refractivity contribution is 0.220. The molecule has 1 aliphatic heterocycles. The first-order chi connectivity index (χ1) is 14.7. The molecule has 170 valence electrons. The molecule has 0 unspecified atom stereocenters. The second kappa shape index (κ2) is 13.4. The number of nitrogens with zero attached hydrogens (tertiary/aromatic N) is 2. The lowest BCUT2D eigenvalue weighted by Gasteiger charge is -2.27. The van der Waals surface area contributed by atoms with Crippen LogP contribution in [0.15, 0.2) is 47.5 Å². The van der Waals surface area contributed by atoms with Crippen molar-refractivity contribution in [3.8, 4) is 11.5 Å². The van der Waals surface area contributed by atoms with Gasteiger partial charge in [0, 0.05) is 12.6 Å². The molecule has 1 heterocycles. The Labute approximate surface area is 203 Å². The number of guanidine groups is 1. The zero-order valence-electron chi connectivity index (χ0n) is 18.6. The number of likely N-dealkylation sites (tertiary alicyclic amines) is 1. The van der Waals surface area contributed by atoms with Crippen LogP contribution >= 0.6 is 24.0 Å². The van der Waals surface area contributed by atoms with E-state index < -0.39 is 0 Å². The Kier molecular flexibility index (Phi) is 10.9. The highest BCUT2D eigenvalue weighted by Gasteiger charge is 2.12. The van der Waals surface area contributed by atoms with Crippen LogP contribution in [0.5, 0.6) is 11.5 Å². The van der Waals surface area contributed by atoms with Crippen LogP contribution in [-0.4, -0.2) is 37.2 Å². The highest BCUT2D eigenvalue weighted by atomic mass is 127. The van der Waals surface area contributed by atoms with E-state index in [-0.39, 0.29) is 24.0 Å². The van der Waals surface area contributed by atoms with Crippen molar-refractivity contribution >= 4 is 35.6 Å². The van der Waals surface area contributed by atoms with Crippen LogP contribution in [0.2, 0.25) is 0 Å². The van der Waals surface area contributed by atoms with Gasteiger partial charge in [0.2, 0.25) is 0 Å². The quantitative estimate of drug-likeness (QED) is 0.267. The molecule has 1 fully saturated rings. The Bertz CT molecular complexity index is 838. The van der Waals surface area contributed by atoms with Crippen molar-refractivity contribution in [2.75, 3.05) is 31.6 Å². The molecule has 3 rings (SSSR count). The lowest BCUT2D eigenvalue weighted by Crippen LogP contribution is -2.29. The highest BCUT2D eigenvalue weighted by Crippen LogP contribution is 2.29.